The second-order valence-corrected chi connectivity index (χ2v) is 12.6. The number of hydrogen-bond acceptors (Lipinski definition) is 5. The van der Waals surface area contributed by atoms with E-state index in [0.717, 1.165) is 69.7 Å². The Morgan fingerprint density at radius 1 is 1.03 bits per heavy atom. The Hall–Kier alpha value is -3.29. The Labute approximate surface area is 234 Å². The minimum Gasteiger partial charge on any atom is -0.477 e. The van der Waals surface area contributed by atoms with Crippen molar-refractivity contribution in [3.05, 3.63) is 69.9 Å². The number of rotatable bonds is 5. The van der Waals surface area contributed by atoms with Gasteiger partial charge >= 0.3 is 5.97 Å². The third-order valence-electron chi connectivity index (χ3n) is 8.53. The summed E-state index contributed by atoms with van der Waals surface area (Å²) in [4.78, 5) is 20.9. The first-order valence-electron chi connectivity index (χ1n) is 14.0. The van der Waals surface area contributed by atoms with E-state index in [1.54, 1.807) is 0 Å². The molecule has 3 aromatic heterocycles. The first kappa shape index (κ1) is 26.0. The molecule has 4 heterocycles. The quantitative estimate of drug-likeness (QED) is 0.286. The first-order valence-corrected chi connectivity index (χ1v) is 14.8. The number of fused-ring (bicyclic) bond motifs is 1. The average molecular weight is 541 g/mol. The van der Waals surface area contributed by atoms with Gasteiger partial charge in [-0.2, -0.15) is 5.10 Å². The van der Waals surface area contributed by atoms with Gasteiger partial charge in [0.25, 0.3) is 0 Å². The van der Waals surface area contributed by atoms with Gasteiger partial charge in [0, 0.05) is 46.5 Å². The summed E-state index contributed by atoms with van der Waals surface area (Å²) in [7, 11) is 2.18. The molecule has 0 spiro atoms. The van der Waals surface area contributed by atoms with Crippen molar-refractivity contribution in [1.82, 2.24) is 19.5 Å². The molecule has 6 nitrogen and oxygen atoms in total. The zero-order valence-electron chi connectivity index (χ0n) is 23.2. The normalized spacial score (nSPS) is 20.6. The maximum absolute atomic E-state index is 12.4. The third-order valence-corrected chi connectivity index (χ3v) is 9.70. The van der Waals surface area contributed by atoms with E-state index < -0.39 is 5.97 Å². The molecule has 2 aliphatic rings. The number of likely N-dealkylation sites (N-methyl/N-ethyl adjacent to an activating group) is 1. The molecule has 0 unspecified atom stereocenters. The van der Waals surface area contributed by atoms with E-state index in [0.29, 0.717) is 10.8 Å². The minimum absolute atomic E-state index is 0.465. The number of thiophene rings is 1. The monoisotopic (exact) mass is 540 g/mol. The van der Waals surface area contributed by atoms with Gasteiger partial charge in [0.2, 0.25) is 0 Å². The Bertz CT molecular complexity index is 1570. The highest BCUT2D eigenvalue weighted by Crippen LogP contribution is 2.43. The summed E-state index contributed by atoms with van der Waals surface area (Å²) in [6.45, 7) is 8.30. The average Bonchev–Trinajstić information content (AvgIpc) is 3.55. The number of carboxylic acid groups (broad SMARTS) is 1. The molecular formula is C32H36N4O2S. The van der Waals surface area contributed by atoms with Crippen molar-refractivity contribution in [3.8, 4) is 21.7 Å². The van der Waals surface area contributed by atoms with Crippen LogP contribution >= 0.6 is 11.3 Å². The predicted octanol–water partition coefficient (Wildman–Crippen LogP) is 7.36. The van der Waals surface area contributed by atoms with Crippen molar-refractivity contribution in [2.75, 3.05) is 20.1 Å². The molecule has 0 saturated heterocycles. The van der Waals surface area contributed by atoms with Crippen molar-refractivity contribution >= 4 is 28.5 Å². The summed E-state index contributed by atoms with van der Waals surface area (Å²) in [5, 5.41) is 15.0. The number of aromatic nitrogens is 3. The fourth-order valence-corrected chi connectivity index (χ4v) is 7.40. The summed E-state index contributed by atoms with van der Waals surface area (Å²) in [5.41, 5.74) is 9.50. The molecule has 1 fully saturated rings. The van der Waals surface area contributed by atoms with Crippen LogP contribution in [0, 0.1) is 25.7 Å². The lowest BCUT2D eigenvalue weighted by atomic mass is 9.75. The molecule has 39 heavy (non-hydrogen) atoms. The highest BCUT2D eigenvalue weighted by atomic mass is 32.1. The number of nitrogens with zero attached hydrogens (tertiary/aromatic N) is 4. The summed E-state index contributed by atoms with van der Waals surface area (Å²) >= 11 is 1.40. The molecule has 6 rings (SSSR count). The molecule has 0 bridgehead atoms. The maximum Gasteiger partial charge on any atom is 0.346 e. The standard InChI is InChI=1S/C32H36N4O2S/c1-19-5-7-22(8-6-19)27-18-35(4)14-13-25(27)26-16-29(39-31(26)32(37)38)24-11-9-23(10-12-24)28-17-30-33-20(2)15-21(3)36(30)34-28/h9-12,15-17,19,22H,5-8,13-14,18H2,1-4H3,(H,37,38). The minimum atomic E-state index is -0.830. The van der Waals surface area contributed by atoms with Crippen LogP contribution in [0.1, 0.15) is 65.7 Å². The fourth-order valence-electron chi connectivity index (χ4n) is 6.37. The summed E-state index contributed by atoms with van der Waals surface area (Å²) < 4.78 is 1.88. The van der Waals surface area contributed by atoms with Crippen LogP contribution in [0.3, 0.4) is 0 Å². The van der Waals surface area contributed by atoms with Crippen LogP contribution in [0.25, 0.3) is 32.9 Å². The van der Waals surface area contributed by atoms with Gasteiger partial charge in [0.1, 0.15) is 4.88 Å². The number of benzene rings is 1. The van der Waals surface area contributed by atoms with E-state index in [1.807, 2.05) is 30.5 Å². The molecule has 1 aromatic carbocycles. The second kappa shape index (κ2) is 10.4. The van der Waals surface area contributed by atoms with Crippen LogP contribution in [0.5, 0.6) is 0 Å². The number of carboxylic acids is 1. The first-order chi connectivity index (χ1) is 18.8. The number of hydrogen-bond donors (Lipinski definition) is 1. The lowest BCUT2D eigenvalue weighted by Crippen LogP contribution is -2.31. The SMILES string of the molecule is Cc1cc(C)n2nc(-c3ccc(-c4cc(C5=C(C6CCC(C)CC6)CN(C)CC5)c(C(=O)O)s4)cc3)cc2n1. The highest BCUT2D eigenvalue weighted by molar-refractivity contribution is 7.17. The summed E-state index contributed by atoms with van der Waals surface area (Å²) in [6, 6.07) is 14.5. The summed E-state index contributed by atoms with van der Waals surface area (Å²) in [5.74, 6) is 0.529. The van der Waals surface area contributed by atoms with Gasteiger partial charge in [-0.3, -0.25) is 0 Å². The largest absolute Gasteiger partial charge is 0.477 e. The van der Waals surface area contributed by atoms with Crippen molar-refractivity contribution < 1.29 is 9.90 Å². The molecule has 0 atom stereocenters. The van der Waals surface area contributed by atoms with Crippen LogP contribution in [-0.2, 0) is 0 Å². The van der Waals surface area contributed by atoms with E-state index in [4.69, 9.17) is 5.10 Å². The van der Waals surface area contributed by atoms with Crippen molar-refractivity contribution in [1.29, 1.82) is 0 Å². The van der Waals surface area contributed by atoms with Crippen molar-refractivity contribution in [2.45, 2.75) is 52.9 Å². The second-order valence-electron chi connectivity index (χ2n) is 11.5. The van der Waals surface area contributed by atoms with Gasteiger partial charge < -0.3 is 10.0 Å². The van der Waals surface area contributed by atoms with Crippen LogP contribution in [-0.4, -0.2) is 50.7 Å². The maximum atomic E-state index is 12.4. The van der Waals surface area contributed by atoms with E-state index >= 15 is 0 Å². The van der Waals surface area contributed by atoms with Gasteiger partial charge in [0.15, 0.2) is 5.65 Å². The van der Waals surface area contributed by atoms with Crippen LogP contribution < -0.4 is 0 Å². The van der Waals surface area contributed by atoms with Crippen LogP contribution in [0.4, 0.5) is 0 Å². The molecule has 1 aliphatic heterocycles. The molecule has 7 heteroatoms. The predicted molar refractivity (Wildman–Crippen MR) is 158 cm³/mol. The fraction of sp³-hybridized carbons (Fsp3) is 0.406. The third kappa shape index (κ3) is 5.06. The Morgan fingerprint density at radius 2 is 1.74 bits per heavy atom. The molecular weight excluding hydrogens is 504 g/mol. The number of aromatic carboxylic acids is 1. The number of carbonyl (C=O) groups is 1. The van der Waals surface area contributed by atoms with Crippen molar-refractivity contribution in [2.24, 2.45) is 11.8 Å². The molecule has 202 valence electrons. The smallest absolute Gasteiger partial charge is 0.346 e. The van der Waals surface area contributed by atoms with Crippen LogP contribution in [0.15, 0.2) is 48.0 Å². The zero-order chi connectivity index (χ0) is 27.3. The van der Waals surface area contributed by atoms with Crippen molar-refractivity contribution in [3.63, 3.8) is 0 Å². The topological polar surface area (TPSA) is 70.7 Å². The van der Waals surface area contributed by atoms with Gasteiger partial charge in [0.05, 0.1) is 5.69 Å². The van der Waals surface area contributed by atoms with E-state index in [2.05, 4.69) is 54.2 Å². The number of aryl methyl sites for hydroxylation is 2. The molecule has 1 N–H and O–H groups in total. The summed E-state index contributed by atoms with van der Waals surface area (Å²) in [6.07, 6.45) is 5.87. The Kier molecular flexibility index (Phi) is 6.89. The lowest BCUT2D eigenvalue weighted by molar-refractivity contribution is 0.0702. The Morgan fingerprint density at radius 3 is 2.46 bits per heavy atom. The van der Waals surface area contributed by atoms with Gasteiger partial charge in [-0.1, -0.05) is 44.0 Å². The molecule has 0 amide bonds. The van der Waals surface area contributed by atoms with Crippen LogP contribution in [0.2, 0.25) is 0 Å². The molecule has 0 radical (unpaired) electrons. The highest BCUT2D eigenvalue weighted by Gasteiger charge is 2.30. The van der Waals surface area contributed by atoms with E-state index in [-0.39, 0.29) is 0 Å². The van der Waals surface area contributed by atoms with Gasteiger partial charge in [-0.05, 0) is 80.8 Å². The van der Waals surface area contributed by atoms with E-state index in [1.165, 1.54) is 48.2 Å². The Balaban J connectivity index is 1.35. The molecule has 4 aromatic rings. The molecule has 1 aliphatic carbocycles. The molecule has 1 saturated carbocycles. The lowest BCUT2D eigenvalue weighted by Gasteiger charge is -2.35. The van der Waals surface area contributed by atoms with Gasteiger partial charge in [-0.15, -0.1) is 11.3 Å². The van der Waals surface area contributed by atoms with E-state index in [9.17, 15) is 9.90 Å². The zero-order valence-corrected chi connectivity index (χ0v) is 24.0. The van der Waals surface area contributed by atoms with Gasteiger partial charge in [-0.25, -0.2) is 14.3 Å².